The molecule has 0 heterocycles. The third kappa shape index (κ3) is 13.9. The fourth-order valence-electron chi connectivity index (χ4n) is 1.97. The maximum Gasteiger partial charge on any atom is 0.264 e. The Balaban J connectivity index is 3.29. The second kappa shape index (κ2) is 10.8. The van der Waals surface area contributed by atoms with E-state index in [1.54, 1.807) is 0 Å². The van der Waals surface area contributed by atoms with Crippen molar-refractivity contribution in [2.45, 2.75) is 77.2 Å². The lowest BCUT2D eigenvalue weighted by molar-refractivity contribution is 0.147. The summed E-state index contributed by atoms with van der Waals surface area (Å²) < 4.78 is 29.5. The van der Waals surface area contributed by atoms with E-state index in [2.05, 4.69) is 6.92 Å². The van der Waals surface area contributed by atoms with E-state index >= 15 is 0 Å². The highest BCUT2D eigenvalue weighted by atomic mass is 32.2. The van der Waals surface area contributed by atoms with Crippen LogP contribution in [0.3, 0.4) is 0 Å². The smallest absolute Gasteiger partial charge is 0.264 e. The van der Waals surface area contributed by atoms with Gasteiger partial charge >= 0.3 is 0 Å². The maximum atomic E-state index is 10.5. The van der Waals surface area contributed by atoms with Crippen LogP contribution in [0.5, 0.6) is 0 Å². The molecule has 1 atom stereocenters. The Bertz CT molecular complexity index is 275. The van der Waals surface area contributed by atoms with Crippen LogP contribution in [0.15, 0.2) is 0 Å². The second-order valence-electron chi connectivity index (χ2n) is 4.99. The molecule has 0 aromatic carbocycles. The quantitative estimate of drug-likeness (QED) is 0.425. The zero-order chi connectivity index (χ0) is 13.9. The third-order valence-corrected chi connectivity index (χ3v) is 3.89. The highest BCUT2D eigenvalue weighted by Crippen LogP contribution is 2.12. The molecule has 0 aliphatic rings. The minimum Gasteiger partial charge on any atom is -0.393 e. The topological polar surface area (TPSA) is 74.6 Å². The van der Waals surface area contributed by atoms with Crippen LogP contribution in [0.2, 0.25) is 0 Å². The van der Waals surface area contributed by atoms with Gasteiger partial charge in [-0.05, 0) is 19.3 Å². The van der Waals surface area contributed by atoms with Crippen molar-refractivity contribution >= 4 is 10.1 Å². The van der Waals surface area contributed by atoms with Gasteiger partial charge in [0.25, 0.3) is 10.1 Å². The van der Waals surface area contributed by atoms with Gasteiger partial charge in [0.05, 0.1) is 11.9 Å². The molecule has 5 heteroatoms. The van der Waals surface area contributed by atoms with E-state index in [0.29, 0.717) is 6.42 Å². The SMILES string of the molecule is CCCCCCCC(O)CCCCCS(=O)(=O)O. The molecule has 0 aliphatic carbocycles. The highest BCUT2D eigenvalue weighted by Gasteiger charge is 2.06. The molecule has 0 fully saturated rings. The van der Waals surface area contributed by atoms with Gasteiger partial charge in [-0.15, -0.1) is 0 Å². The van der Waals surface area contributed by atoms with Crippen LogP contribution in [-0.4, -0.2) is 29.9 Å². The summed E-state index contributed by atoms with van der Waals surface area (Å²) >= 11 is 0. The van der Waals surface area contributed by atoms with Gasteiger partial charge in [0.2, 0.25) is 0 Å². The molecule has 0 radical (unpaired) electrons. The summed E-state index contributed by atoms with van der Waals surface area (Å²) in [6.45, 7) is 2.18. The molecule has 1 unspecified atom stereocenters. The molecule has 0 bridgehead atoms. The number of aliphatic hydroxyl groups is 1. The van der Waals surface area contributed by atoms with Gasteiger partial charge < -0.3 is 5.11 Å². The van der Waals surface area contributed by atoms with Crippen molar-refractivity contribution in [3.05, 3.63) is 0 Å². The molecule has 0 saturated carbocycles. The van der Waals surface area contributed by atoms with Crippen LogP contribution >= 0.6 is 0 Å². The van der Waals surface area contributed by atoms with Gasteiger partial charge in [0.15, 0.2) is 0 Å². The number of hydrogen-bond acceptors (Lipinski definition) is 3. The Morgan fingerprint density at radius 3 is 1.89 bits per heavy atom. The van der Waals surface area contributed by atoms with Crippen molar-refractivity contribution in [2.24, 2.45) is 0 Å². The molecule has 4 nitrogen and oxygen atoms in total. The standard InChI is InChI=1S/C13H28O4S/c1-2-3-4-5-7-10-13(14)11-8-6-9-12-18(15,16)17/h13-14H,2-12H2,1H3,(H,15,16,17). The maximum absolute atomic E-state index is 10.5. The van der Waals surface area contributed by atoms with Crippen molar-refractivity contribution < 1.29 is 18.1 Å². The monoisotopic (exact) mass is 280 g/mol. The van der Waals surface area contributed by atoms with Gasteiger partial charge in [-0.1, -0.05) is 51.9 Å². The van der Waals surface area contributed by atoms with E-state index in [1.807, 2.05) is 0 Å². The third-order valence-electron chi connectivity index (χ3n) is 3.08. The molecule has 0 aromatic rings. The number of aliphatic hydroxyl groups excluding tert-OH is 1. The predicted octanol–water partition coefficient (Wildman–Crippen LogP) is 3.16. The predicted molar refractivity (Wildman–Crippen MR) is 74.3 cm³/mol. The van der Waals surface area contributed by atoms with E-state index in [1.165, 1.54) is 25.7 Å². The van der Waals surface area contributed by atoms with Gasteiger partial charge in [0.1, 0.15) is 0 Å². The first-order valence-electron chi connectivity index (χ1n) is 7.09. The van der Waals surface area contributed by atoms with Crippen molar-refractivity contribution in [1.29, 1.82) is 0 Å². The summed E-state index contributed by atoms with van der Waals surface area (Å²) in [7, 11) is -3.81. The lowest BCUT2D eigenvalue weighted by Crippen LogP contribution is -2.07. The van der Waals surface area contributed by atoms with Gasteiger partial charge in [-0.2, -0.15) is 8.42 Å². The van der Waals surface area contributed by atoms with Gasteiger partial charge in [-0.3, -0.25) is 4.55 Å². The normalized spacial score (nSPS) is 13.7. The van der Waals surface area contributed by atoms with Gasteiger partial charge in [0, 0.05) is 0 Å². The summed E-state index contributed by atoms with van der Waals surface area (Å²) in [6, 6.07) is 0. The van der Waals surface area contributed by atoms with E-state index in [-0.39, 0.29) is 11.9 Å². The van der Waals surface area contributed by atoms with Crippen molar-refractivity contribution in [2.75, 3.05) is 5.75 Å². The largest absolute Gasteiger partial charge is 0.393 e. The molecular weight excluding hydrogens is 252 g/mol. The lowest BCUT2D eigenvalue weighted by atomic mass is 10.0. The molecule has 0 saturated heterocycles. The van der Waals surface area contributed by atoms with Crippen LogP contribution in [0.4, 0.5) is 0 Å². The highest BCUT2D eigenvalue weighted by molar-refractivity contribution is 7.85. The van der Waals surface area contributed by atoms with Crippen molar-refractivity contribution in [3.63, 3.8) is 0 Å². The Morgan fingerprint density at radius 2 is 1.39 bits per heavy atom. The molecule has 0 amide bonds. The molecule has 110 valence electrons. The Kier molecular flexibility index (Phi) is 10.7. The van der Waals surface area contributed by atoms with E-state index in [0.717, 1.165) is 32.1 Å². The van der Waals surface area contributed by atoms with E-state index in [4.69, 9.17) is 4.55 Å². The van der Waals surface area contributed by atoms with Crippen molar-refractivity contribution in [3.8, 4) is 0 Å². The van der Waals surface area contributed by atoms with E-state index < -0.39 is 10.1 Å². The fraction of sp³-hybridized carbons (Fsp3) is 1.00. The van der Waals surface area contributed by atoms with Crippen LogP contribution < -0.4 is 0 Å². The van der Waals surface area contributed by atoms with E-state index in [9.17, 15) is 13.5 Å². The molecule has 0 rings (SSSR count). The average Bonchev–Trinajstić information content (AvgIpc) is 2.27. The first-order valence-corrected chi connectivity index (χ1v) is 8.70. The minimum absolute atomic E-state index is 0.167. The fourth-order valence-corrected chi connectivity index (χ4v) is 2.54. The molecule has 0 spiro atoms. The first kappa shape index (κ1) is 17.9. The molecule has 0 aliphatic heterocycles. The zero-order valence-electron chi connectivity index (χ0n) is 11.5. The minimum atomic E-state index is -3.81. The Hall–Kier alpha value is -0.130. The Morgan fingerprint density at radius 1 is 0.889 bits per heavy atom. The molecular formula is C13H28O4S. The van der Waals surface area contributed by atoms with Crippen LogP contribution in [0.25, 0.3) is 0 Å². The Labute approximate surface area is 112 Å². The summed E-state index contributed by atoms with van der Waals surface area (Å²) in [4.78, 5) is 0. The van der Waals surface area contributed by atoms with Crippen LogP contribution in [-0.2, 0) is 10.1 Å². The summed E-state index contributed by atoms with van der Waals surface area (Å²) in [5, 5.41) is 9.70. The summed E-state index contributed by atoms with van der Waals surface area (Å²) in [6.07, 6.45) is 9.39. The summed E-state index contributed by atoms with van der Waals surface area (Å²) in [5.41, 5.74) is 0. The lowest BCUT2D eigenvalue weighted by Gasteiger charge is -2.09. The molecule has 2 N–H and O–H groups in total. The molecule has 0 aromatic heterocycles. The van der Waals surface area contributed by atoms with Crippen LogP contribution in [0.1, 0.15) is 71.1 Å². The number of unbranched alkanes of at least 4 members (excludes halogenated alkanes) is 6. The summed E-state index contributed by atoms with van der Waals surface area (Å²) in [5.74, 6) is -0.167. The second-order valence-corrected chi connectivity index (χ2v) is 6.56. The van der Waals surface area contributed by atoms with Crippen LogP contribution in [0, 0.1) is 0 Å². The number of hydrogen-bond donors (Lipinski definition) is 2. The average molecular weight is 280 g/mol. The van der Waals surface area contributed by atoms with Crippen molar-refractivity contribution in [1.82, 2.24) is 0 Å². The zero-order valence-corrected chi connectivity index (χ0v) is 12.3. The molecule has 18 heavy (non-hydrogen) atoms. The number of rotatable bonds is 12. The first-order chi connectivity index (χ1) is 8.45. The van der Waals surface area contributed by atoms with Gasteiger partial charge in [-0.25, -0.2) is 0 Å².